The minimum atomic E-state index is 0. The van der Waals surface area contributed by atoms with E-state index < -0.39 is 0 Å². The zero-order valence-electron chi connectivity index (χ0n) is 11.6. The lowest BCUT2D eigenvalue weighted by atomic mass is 10.1. The number of anilines is 1. The Balaban J connectivity index is 0.00000200. The van der Waals surface area contributed by atoms with Gasteiger partial charge >= 0.3 is 0 Å². The summed E-state index contributed by atoms with van der Waals surface area (Å²) in [6.45, 7) is 5.05. The third-order valence-electron chi connectivity index (χ3n) is 3.16. The summed E-state index contributed by atoms with van der Waals surface area (Å²) < 4.78 is 1.17. The number of hydrogen-bond acceptors (Lipinski definition) is 2. The van der Waals surface area contributed by atoms with Crippen molar-refractivity contribution in [3.63, 3.8) is 0 Å². The Hall–Kier alpha value is -1.03. The highest BCUT2D eigenvalue weighted by Gasteiger charge is 2.07. The van der Waals surface area contributed by atoms with Gasteiger partial charge in [-0.15, -0.1) is 12.4 Å². The van der Waals surface area contributed by atoms with Crippen LogP contribution >= 0.6 is 28.3 Å². The lowest BCUT2D eigenvalue weighted by Gasteiger charge is -2.21. The summed E-state index contributed by atoms with van der Waals surface area (Å²) in [6.07, 6.45) is 0. The van der Waals surface area contributed by atoms with Crippen molar-refractivity contribution in [1.82, 2.24) is 4.90 Å². The Morgan fingerprint density at radius 3 is 2.45 bits per heavy atom. The van der Waals surface area contributed by atoms with Gasteiger partial charge in [0.25, 0.3) is 0 Å². The monoisotopic (exact) mass is 354 g/mol. The summed E-state index contributed by atoms with van der Waals surface area (Å²) in [7, 11) is 0. The maximum Gasteiger partial charge on any atom is 0.0317 e. The van der Waals surface area contributed by atoms with Crippen LogP contribution in [0.4, 0.5) is 5.69 Å². The van der Waals surface area contributed by atoms with E-state index in [0.29, 0.717) is 0 Å². The van der Waals surface area contributed by atoms with Gasteiger partial charge < -0.3 is 5.73 Å². The van der Waals surface area contributed by atoms with Gasteiger partial charge in [0.05, 0.1) is 0 Å². The highest BCUT2D eigenvalue weighted by Crippen LogP contribution is 2.19. The largest absolute Gasteiger partial charge is 0.399 e. The van der Waals surface area contributed by atoms with Crippen LogP contribution in [0.3, 0.4) is 0 Å². The van der Waals surface area contributed by atoms with Gasteiger partial charge in [0.2, 0.25) is 0 Å². The number of hydrogen-bond donors (Lipinski definition) is 1. The van der Waals surface area contributed by atoms with E-state index in [9.17, 15) is 0 Å². The van der Waals surface area contributed by atoms with Gasteiger partial charge in [0.1, 0.15) is 0 Å². The fourth-order valence-corrected chi connectivity index (χ4v) is 2.51. The molecular weight excluding hydrogens is 336 g/mol. The zero-order chi connectivity index (χ0) is 13.7. The van der Waals surface area contributed by atoms with E-state index >= 15 is 0 Å². The van der Waals surface area contributed by atoms with Crippen LogP contribution in [0.5, 0.6) is 0 Å². The molecule has 0 aliphatic rings. The van der Waals surface area contributed by atoms with Gasteiger partial charge in [-0.3, -0.25) is 4.90 Å². The molecule has 20 heavy (non-hydrogen) atoms. The van der Waals surface area contributed by atoms with Crippen LogP contribution in [0.2, 0.25) is 0 Å². The highest BCUT2D eigenvalue weighted by molar-refractivity contribution is 9.10. The topological polar surface area (TPSA) is 29.3 Å². The Bertz CT molecular complexity index is 546. The SMILES string of the molecule is CCN(Cc1cccc(N)c1)Cc1ccccc1Br.Cl. The van der Waals surface area contributed by atoms with Crippen LogP contribution in [0.25, 0.3) is 0 Å². The molecule has 0 fully saturated rings. The summed E-state index contributed by atoms with van der Waals surface area (Å²) in [5.74, 6) is 0. The second kappa shape index (κ2) is 8.30. The predicted octanol–water partition coefficient (Wildman–Crippen LogP) is 4.48. The van der Waals surface area contributed by atoms with Crippen LogP contribution in [0, 0.1) is 0 Å². The van der Waals surface area contributed by atoms with Crippen molar-refractivity contribution in [2.24, 2.45) is 0 Å². The van der Waals surface area contributed by atoms with Crippen LogP contribution in [0.1, 0.15) is 18.1 Å². The molecule has 0 aliphatic heterocycles. The maximum absolute atomic E-state index is 5.83. The number of rotatable bonds is 5. The summed E-state index contributed by atoms with van der Waals surface area (Å²) >= 11 is 3.60. The molecule has 0 bridgehead atoms. The lowest BCUT2D eigenvalue weighted by Crippen LogP contribution is -2.22. The van der Waals surface area contributed by atoms with Crippen molar-refractivity contribution in [2.45, 2.75) is 20.0 Å². The molecule has 2 nitrogen and oxygen atoms in total. The van der Waals surface area contributed by atoms with Gasteiger partial charge in [-0.1, -0.05) is 53.2 Å². The smallest absolute Gasteiger partial charge is 0.0317 e. The molecular formula is C16H20BrClN2. The predicted molar refractivity (Wildman–Crippen MR) is 92.0 cm³/mol. The summed E-state index contributed by atoms with van der Waals surface area (Å²) in [6, 6.07) is 16.5. The Labute approximate surface area is 135 Å². The normalized spacial score (nSPS) is 10.3. The van der Waals surface area contributed by atoms with Crippen molar-refractivity contribution in [3.8, 4) is 0 Å². The molecule has 4 heteroatoms. The van der Waals surface area contributed by atoms with Crippen molar-refractivity contribution in [1.29, 1.82) is 0 Å². The lowest BCUT2D eigenvalue weighted by molar-refractivity contribution is 0.271. The van der Waals surface area contributed by atoms with Gasteiger partial charge in [-0.2, -0.15) is 0 Å². The number of benzene rings is 2. The Kier molecular flexibility index (Phi) is 7.06. The first-order chi connectivity index (χ1) is 9.19. The number of halogens is 2. The van der Waals surface area contributed by atoms with Crippen molar-refractivity contribution >= 4 is 34.0 Å². The van der Waals surface area contributed by atoms with Crippen LogP contribution in [-0.4, -0.2) is 11.4 Å². The molecule has 0 heterocycles. The number of nitrogens with two attached hydrogens (primary N) is 1. The third-order valence-corrected chi connectivity index (χ3v) is 3.93. The van der Waals surface area contributed by atoms with E-state index in [0.717, 1.165) is 25.3 Å². The molecule has 0 aromatic heterocycles. The average Bonchev–Trinajstić information content (AvgIpc) is 2.40. The molecule has 2 aromatic rings. The minimum Gasteiger partial charge on any atom is -0.399 e. The van der Waals surface area contributed by atoms with E-state index in [-0.39, 0.29) is 12.4 Å². The Morgan fingerprint density at radius 1 is 1.05 bits per heavy atom. The van der Waals surface area contributed by atoms with E-state index in [1.807, 2.05) is 24.3 Å². The molecule has 2 rings (SSSR count). The molecule has 108 valence electrons. The molecule has 2 aromatic carbocycles. The first kappa shape index (κ1) is 17.0. The van der Waals surface area contributed by atoms with Crippen molar-refractivity contribution in [2.75, 3.05) is 12.3 Å². The average molecular weight is 356 g/mol. The van der Waals surface area contributed by atoms with Gasteiger partial charge in [-0.05, 0) is 35.9 Å². The number of nitrogens with zero attached hydrogens (tertiary/aromatic N) is 1. The molecule has 0 unspecified atom stereocenters. The van der Waals surface area contributed by atoms with E-state index in [1.165, 1.54) is 15.6 Å². The molecule has 0 amide bonds. The molecule has 0 atom stereocenters. The van der Waals surface area contributed by atoms with Gasteiger partial charge in [-0.25, -0.2) is 0 Å². The summed E-state index contributed by atoms with van der Waals surface area (Å²) in [5, 5.41) is 0. The zero-order valence-corrected chi connectivity index (χ0v) is 14.0. The van der Waals surface area contributed by atoms with Crippen molar-refractivity contribution in [3.05, 3.63) is 64.1 Å². The van der Waals surface area contributed by atoms with E-state index in [1.54, 1.807) is 0 Å². The molecule has 0 aliphatic carbocycles. The number of nitrogen functional groups attached to an aromatic ring is 1. The molecule has 0 saturated carbocycles. The first-order valence-electron chi connectivity index (χ1n) is 6.49. The van der Waals surface area contributed by atoms with Crippen molar-refractivity contribution < 1.29 is 0 Å². The fraction of sp³-hybridized carbons (Fsp3) is 0.250. The molecule has 0 spiro atoms. The standard InChI is InChI=1S/C16H19BrN2.ClH/c1-2-19(11-13-6-5-8-15(18)10-13)12-14-7-3-4-9-16(14)17;/h3-10H,2,11-12,18H2,1H3;1H. The third kappa shape index (κ3) is 4.82. The first-order valence-corrected chi connectivity index (χ1v) is 7.28. The molecule has 0 radical (unpaired) electrons. The van der Waals surface area contributed by atoms with Gasteiger partial charge in [0, 0.05) is 23.2 Å². The van der Waals surface area contributed by atoms with E-state index in [2.05, 4.69) is 52.0 Å². The minimum absolute atomic E-state index is 0. The fourth-order valence-electron chi connectivity index (χ4n) is 2.10. The van der Waals surface area contributed by atoms with Crippen LogP contribution < -0.4 is 5.73 Å². The second-order valence-corrected chi connectivity index (χ2v) is 5.49. The van der Waals surface area contributed by atoms with Gasteiger partial charge in [0.15, 0.2) is 0 Å². The van der Waals surface area contributed by atoms with E-state index in [4.69, 9.17) is 5.73 Å². The highest BCUT2D eigenvalue weighted by atomic mass is 79.9. The summed E-state index contributed by atoms with van der Waals surface area (Å²) in [4.78, 5) is 2.40. The van der Waals surface area contributed by atoms with Crippen LogP contribution in [-0.2, 0) is 13.1 Å². The Morgan fingerprint density at radius 2 is 1.80 bits per heavy atom. The maximum atomic E-state index is 5.83. The molecule has 2 N–H and O–H groups in total. The van der Waals surface area contributed by atoms with Crippen LogP contribution in [0.15, 0.2) is 53.0 Å². The molecule has 0 saturated heterocycles. The second-order valence-electron chi connectivity index (χ2n) is 4.64. The summed E-state index contributed by atoms with van der Waals surface area (Å²) in [5.41, 5.74) is 9.23. The quantitative estimate of drug-likeness (QED) is 0.802.